The Morgan fingerprint density at radius 2 is 2.00 bits per heavy atom. The molecule has 2 unspecified atom stereocenters. The average molecular weight is 374 g/mol. The maximum Gasteiger partial charge on any atom is 0.305 e. The first-order valence-electron chi connectivity index (χ1n) is 8.62. The van der Waals surface area contributed by atoms with Gasteiger partial charge in [0.1, 0.15) is 0 Å². The van der Waals surface area contributed by atoms with Crippen LogP contribution in [0.15, 0.2) is 30.5 Å². The van der Waals surface area contributed by atoms with Gasteiger partial charge < -0.3 is 14.9 Å². The molecule has 1 N–H and O–H groups in total. The zero-order valence-electron chi connectivity index (χ0n) is 14.6. The summed E-state index contributed by atoms with van der Waals surface area (Å²) in [4.78, 5) is 39.4. The average Bonchev–Trinajstić information content (AvgIpc) is 2.61. The summed E-state index contributed by atoms with van der Waals surface area (Å²) >= 11 is 1.67. The van der Waals surface area contributed by atoms with E-state index in [1.54, 1.807) is 27.8 Å². The Bertz CT molecular complexity index is 749. The number of fused-ring (bicyclic) bond motifs is 1. The lowest BCUT2D eigenvalue weighted by molar-refractivity contribution is -0.140. The molecule has 3 rings (SSSR count). The van der Waals surface area contributed by atoms with Gasteiger partial charge in [0.15, 0.2) is 0 Å². The lowest BCUT2D eigenvalue weighted by Gasteiger charge is -2.38. The second-order valence-corrected chi connectivity index (χ2v) is 7.65. The molecule has 0 aromatic heterocycles. The summed E-state index contributed by atoms with van der Waals surface area (Å²) in [6, 6.07) is 7.08. The Morgan fingerprint density at radius 1 is 1.23 bits per heavy atom. The van der Waals surface area contributed by atoms with E-state index in [-0.39, 0.29) is 36.7 Å². The molecule has 2 atom stereocenters. The van der Waals surface area contributed by atoms with E-state index in [9.17, 15) is 14.4 Å². The highest BCUT2D eigenvalue weighted by atomic mass is 32.2. The molecular weight excluding hydrogens is 352 g/mol. The van der Waals surface area contributed by atoms with Crippen LogP contribution < -0.4 is 0 Å². The highest BCUT2D eigenvalue weighted by Gasteiger charge is 2.33. The minimum absolute atomic E-state index is 0.0453. The van der Waals surface area contributed by atoms with Crippen LogP contribution in [0.4, 0.5) is 0 Å². The van der Waals surface area contributed by atoms with Crippen molar-refractivity contribution in [3.63, 3.8) is 0 Å². The maximum atomic E-state index is 13.0. The number of hydrogen-bond acceptors (Lipinski definition) is 4. The number of carbonyl (C=O) groups excluding carboxylic acids is 2. The number of thioether (sulfide) groups is 1. The lowest BCUT2D eigenvalue weighted by atomic mass is 9.93. The van der Waals surface area contributed by atoms with E-state index in [1.165, 1.54) is 6.92 Å². The Morgan fingerprint density at radius 3 is 2.73 bits per heavy atom. The van der Waals surface area contributed by atoms with Crippen LogP contribution in [0.25, 0.3) is 6.08 Å². The van der Waals surface area contributed by atoms with Crippen LogP contribution in [0.2, 0.25) is 0 Å². The lowest BCUT2D eigenvalue weighted by Crippen LogP contribution is -2.48. The van der Waals surface area contributed by atoms with Crippen LogP contribution in [-0.4, -0.2) is 56.8 Å². The molecule has 2 aliphatic rings. The number of benzene rings is 1. The Balaban J connectivity index is 1.82. The van der Waals surface area contributed by atoms with Gasteiger partial charge in [-0.1, -0.05) is 24.3 Å². The molecule has 0 aliphatic carbocycles. The Kier molecular flexibility index (Phi) is 5.66. The third-order valence-electron chi connectivity index (χ3n) is 4.80. The van der Waals surface area contributed by atoms with Crippen LogP contribution in [-0.2, 0) is 14.4 Å². The number of rotatable bonds is 4. The molecule has 1 aromatic rings. The van der Waals surface area contributed by atoms with Gasteiger partial charge in [0.05, 0.1) is 24.9 Å². The van der Waals surface area contributed by atoms with E-state index in [2.05, 4.69) is 0 Å². The SMILES string of the molecule is CC(=O)N1C=Cc2ccccc2C1CC(=O)N1CCSCC1CC(=O)O. The molecule has 1 aromatic carbocycles. The standard InChI is InChI=1S/C19H22N2O4S/c1-13(22)20-7-6-14-4-2-3-5-16(14)17(20)11-18(23)21-8-9-26-12-15(21)10-19(24)25/h2-7,15,17H,8-12H2,1H3,(H,24,25). The van der Waals surface area contributed by atoms with Crippen LogP contribution in [0.3, 0.4) is 0 Å². The summed E-state index contributed by atoms with van der Waals surface area (Å²) in [6.45, 7) is 2.03. The van der Waals surface area contributed by atoms with Crippen LogP contribution >= 0.6 is 11.8 Å². The first kappa shape index (κ1) is 18.5. The highest BCUT2D eigenvalue weighted by molar-refractivity contribution is 7.99. The monoisotopic (exact) mass is 374 g/mol. The highest BCUT2D eigenvalue weighted by Crippen LogP contribution is 2.34. The largest absolute Gasteiger partial charge is 0.481 e. The number of aliphatic carboxylic acids is 1. The van der Waals surface area contributed by atoms with E-state index < -0.39 is 5.97 Å². The second kappa shape index (κ2) is 7.95. The zero-order chi connectivity index (χ0) is 18.7. The van der Waals surface area contributed by atoms with Crippen molar-refractivity contribution in [2.45, 2.75) is 31.8 Å². The molecule has 0 radical (unpaired) electrons. The van der Waals surface area contributed by atoms with E-state index in [1.807, 2.05) is 30.3 Å². The van der Waals surface area contributed by atoms with Gasteiger partial charge in [-0.2, -0.15) is 11.8 Å². The molecule has 2 heterocycles. The normalized spacial score (nSPS) is 22.0. The first-order chi connectivity index (χ1) is 12.5. The smallest absolute Gasteiger partial charge is 0.305 e. The minimum atomic E-state index is -0.897. The molecule has 0 bridgehead atoms. The van der Waals surface area contributed by atoms with Gasteiger partial charge in [-0.15, -0.1) is 0 Å². The second-order valence-electron chi connectivity index (χ2n) is 6.50. The number of carbonyl (C=O) groups is 3. The number of amides is 2. The quantitative estimate of drug-likeness (QED) is 0.875. The number of carboxylic acid groups (broad SMARTS) is 1. The van der Waals surface area contributed by atoms with Crippen molar-refractivity contribution in [2.75, 3.05) is 18.1 Å². The van der Waals surface area contributed by atoms with Gasteiger partial charge in [0.2, 0.25) is 11.8 Å². The van der Waals surface area contributed by atoms with Gasteiger partial charge in [0.25, 0.3) is 0 Å². The third kappa shape index (κ3) is 3.93. The van der Waals surface area contributed by atoms with Crippen molar-refractivity contribution < 1.29 is 19.5 Å². The summed E-state index contributed by atoms with van der Waals surface area (Å²) < 4.78 is 0. The predicted octanol–water partition coefficient (Wildman–Crippen LogP) is 2.37. The van der Waals surface area contributed by atoms with Gasteiger partial charge in [-0.25, -0.2) is 0 Å². The first-order valence-corrected chi connectivity index (χ1v) is 9.78. The fourth-order valence-electron chi connectivity index (χ4n) is 3.55. The van der Waals surface area contributed by atoms with Crippen molar-refractivity contribution in [3.05, 3.63) is 41.6 Å². The van der Waals surface area contributed by atoms with Gasteiger partial charge in [0, 0.05) is 31.2 Å². The third-order valence-corrected chi connectivity index (χ3v) is 5.89. The maximum absolute atomic E-state index is 13.0. The molecule has 1 saturated heterocycles. The van der Waals surface area contributed by atoms with Gasteiger partial charge >= 0.3 is 5.97 Å². The molecule has 26 heavy (non-hydrogen) atoms. The van der Waals surface area contributed by atoms with Crippen molar-refractivity contribution >= 4 is 35.6 Å². The van der Waals surface area contributed by atoms with Gasteiger partial charge in [-0.3, -0.25) is 14.4 Å². The molecule has 0 spiro atoms. The zero-order valence-corrected chi connectivity index (χ0v) is 15.4. The molecule has 1 fully saturated rings. The number of carboxylic acids is 1. The fourth-order valence-corrected chi connectivity index (χ4v) is 4.61. The molecular formula is C19H22N2O4S. The van der Waals surface area contributed by atoms with E-state index in [0.717, 1.165) is 16.9 Å². The molecule has 138 valence electrons. The molecule has 6 nitrogen and oxygen atoms in total. The van der Waals surface area contributed by atoms with Crippen LogP contribution in [0.1, 0.15) is 36.9 Å². The summed E-state index contributed by atoms with van der Waals surface area (Å²) in [5.74, 6) is 0.323. The summed E-state index contributed by atoms with van der Waals surface area (Å²) in [5, 5.41) is 9.12. The number of hydrogen-bond donors (Lipinski definition) is 1. The van der Waals surface area contributed by atoms with Crippen molar-refractivity contribution in [3.8, 4) is 0 Å². The van der Waals surface area contributed by atoms with Crippen LogP contribution in [0, 0.1) is 0 Å². The molecule has 0 saturated carbocycles. The van der Waals surface area contributed by atoms with Crippen LogP contribution in [0.5, 0.6) is 0 Å². The summed E-state index contributed by atoms with van der Waals surface area (Å²) in [5.41, 5.74) is 1.94. The van der Waals surface area contributed by atoms with E-state index in [4.69, 9.17) is 5.11 Å². The fraction of sp³-hybridized carbons (Fsp3) is 0.421. The summed E-state index contributed by atoms with van der Waals surface area (Å²) in [7, 11) is 0. The molecule has 2 aliphatic heterocycles. The van der Waals surface area contributed by atoms with Gasteiger partial charge in [-0.05, 0) is 17.2 Å². The summed E-state index contributed by atoms with van der Waals surface area (Å²) in [6.07, 6.45) is 3.71. The topological polar surface area (TPSA) is 77.9 Å². The Labute approximate surface area is 156 Å². The van der Waals surface area contributed by atoms with Crippen molar-refractivity contribution in [1.29, 1.82) is 0 Å². The molecule has 7 heteroatoms. The minimum Gasteiger partial charge on any atom is -0.481 e. The van der Waals surface area contributed by atoms with Crippen molar-refractivity contribution in [2.24, 2.45) is 0 Å². The van der Waals surface area contributed by atoms with E-state index in [0.29, 0.717) is 12.3 Å². The van der Waals surface area contributed by atoms with E-state index >= 15 is 0 Å². The Hall–Kier alpha value is -2.28. The van der Waals surface area contributed by atoms with Crippen molar-refractivity contribution in [1.82, 2.24) is 9.80 Å². The molecule has 2 amide bonds. The number of nitrogens with zero attached hydrogens (tertiary/aromatic N) is 2. The predicted molar refractivity (Wildman–Crippen MR) is 100 cm³/mol.